The van der Waals surface area contributed by atoms with Crippen molar-refractivity contribution < 1.29 is 19.5 Å². The van der Waals surface area contributed by atoms with Crippen LogP contribution < -0.4 is 4.90 Å². The van der Waals surface area contributed by atoms with Gasteiger partial charge in [-0.05, 0) is 61.1 Å². The number of nitrogens with zero attached hydrogens (tertiary/aromatic N) is 4. The third-order valence-electron chi connectivity index (χ3n) is 7.98. The summed E-state index contributed by atoms with van der Waals surface area (Å²) in [5.41, 5.74) is 3.44. The summed E-state index contributed by atoms with van der Waals surface area (Å²) in [5, 5.41) is 10.5. The van der Waals surface area contributed by atoms with Crippen LogP contribution in [-0.4, -0.2) is 69.6 Å². The maximum Gasteiger partial charge on any atom is 0.329 e. The Balaban J connectivity index is 1.41. The van der Waals surface area contributed by atoms with Crippen LogP contribution in [0.1, 0.15) is 30.4 Å². The highest BCUT2D eigenvalue weighted by atomic mass is 16.4. The minimum atomic E-state index is -1.16. The molecule has 4 amide bonds. The molecule has 0 aromatic heterocycles. The first kappa shape index (κ1) is 28.0. The molecule has 2 heterocycles. The smallest absolute Gasteiger partial charge is 0.329 e. The molecule has 212 valence electrons. The fourth-order valence-electron chi connectivity index (χ4n) is 6.08. The summed E-state index contributed by atoms with van der Waals surface area (Å²) < 4.78 is 0. The van der Waals surface area contributed by atoms with E-state index in [1.54, 1.807) is 21.7 Å². The normalized spacial score (nSPS) is 19.8. The Morgan fingerprint density at radius 2 is 1.46 bits per heavy atom. The largest absolute Gasteiger partial charge is 0.480 e. The molecule has 2 aliphatic rings. The van der Waals surface area contributed by atoms with Gasteiger partial charge in [-0.3, -0.25) is 4.90 Å². The number of urea groups is 2. The van der Waals surface area contributed by atoms with Gasteiger partial charge in [-0.25, -0.2) is 14.4 Å². The molecule has 0 unspecified atom stereocenters. The SMILES string of the molecule is C=CCc1ccc(CN(C)C(=O)N2[C@H]3CCC[C@@H]2[C@@H](C(=O)O)N(C(=O)N(c2ccccc2)c2ccccc2)C3)cc1. The molecule has 0 saturated carbocycles. The number of carbonyl (C=O) groups excluding carboxylic acids is 2. The van der Waals surface area contributed by atoms with Crippen molar-refractivity contribution in [3.8, 4) is 0 Å². The fourth-order valence-corrected chi connectivity index (χ4v) is 6.08. The Kier molecular flexibility index (Phi) is 8.38. The second-order valence-electron chi connectivity index (χ2n) is 10.7. The number of aliphatic carboxylic acids is 1. The molecule has 2 aliphatic heterocycles. The van der Waals surface area contributed by atoms with Gasteiger partial charge in [0, 0.05) is 20.1 Å². The molecule has 8 heteroatoms. The number of carbonyl (C=O) groups is 3. The van der Waals surface area contributed by atoms with Crippen molar-refractivity contribution in [3.05, 3.63) is 109 Å². The van der Waals surface area contributed by atoms with Crippen LogP contribution in [0.15, 0.2) is 97.6 Å². The van der Waals surface area contributed by atoms with E-state index in [4.69, 9.17) is 0 Å². The van der Waals surface area contributed by atoms with Crippen molar-refractivity contribution >= 4 is 29.4 Å². The van der Waals surface area contributed by atoms with Gasteiger partial charge in [-0.2, -0.15) is 0 Å². The van der Waals surface area contributed by atoms with Crippen LogP contribution in [0.5, 0.6) is 0 Å². The Bertz CT molecular complexity index is 1340. The average molecular weight is 553 g/mol. The van der Waals surface area contributed by atoms with E-state index in [0.29, 0.717) is 30.8 Å². The van der Waals surface area contributed by atoms with Gasteiger partial charge >= 0.3 is 18.0 Å². The van der Waals surface area contributed by atoms with E-state index < -0.39 is 24.1 Å². The molecule has 3 aromatic rings. The Labute approximate surface area is 241 Å². The third-order valence-corrected chi connectivity index (χ3v) is 7.98. The average Bonchev–Trinajstić information content (AvgIpc) is 2.98. The number of carboxylic acid groups (broad SMARTS) is 1. The quantitative estimate of drug-likeness (QED) is 0.369. The number of fused-ring (bicyclic) bond motifs is 2. The molecule has 0 aliphatic carbocycles. The number of hydrogen-bond donors (Lipinski definition) is 1. The van der Waals surface area contributed by atoms with Gasteiger partial charge in [0.25, 0.3) is 0 Å². The van der Waals surface area contributed by atoms with Gasteiger partial charge in [-0.1, -0.05) is 66.7 Å². The number of piperidine rings is 1. The zero-order chi connectivity index (χ0) is 28.9. The second-order valence-corrected chi connectivity index (χ2v) is 10.7. The number of benzene rings is 3. The lowest BCUT2D eigenvalue weighted by Gasteiger charge is -2.54. The lowest BCUT2D eigenvalue weighted by Crippen LogP contribution is -2.72. The highest BCUT2D eigenvalue weighted by Gasteiger charge is 2.52. The highest BCUT2D eigenvalue weighted by molar-refractivity contribution is 6.01. The number of likely N-dealkylation sites (tertiary alicyclic amines) is 1. The zero-order valence-corrected chi connectivity index (χ0v) is 23.3. The first-order chi connectivity index (χ1) is 19.9. The van der Waals surface area contributed by atoms with E-state index in [2.05, 4.69) is 6.58 Å². The lowest BCUT2D eigenvalue weighted by atomic mass is 9.86. The van der Waals surface area contributed by atoms with Crippen LogP contribution in [-0.2, 0) is 17.8 Å². The summed E-state index contributed by atoms with van der Waals surface area (Å²) in [6.07, 6.45) is 4.67. The summed E-state index contributed by atoms with van der Waals surface area (Å²) in [7, 11) is 1.75. The monoisotopic (exact) mass is 552 g/mol. The molecular formula is C33H36N4O4. The fraction of sp³-hybridized carbons (Fsp3) is 0.303. The molecule has 2 bridgehead atoms. The molecule has 2 fully saturated rings. The minimum absolute atomic E-state index is 0.151. The second kappa shape index (κ2) is 12.3. The maximum atomic E-state index is 14.2. The van der Waals surface area contributed by atoms with Gasteiger partial charge < -0.3 is 19.8 Å². The first-order valence-corrected chi connectivity index (χ1v) is 14.0. The van der Waals surface area contributed by atoms with E-state index in [-0.39, 0.29) is 18.6 Å². The molecule has 8 nitrogen and oxygen atoms in total. The number of piperazine rings is 1. The van der Waals surface area contributed by atoms with Crippen LogP contribution >= 0.6 is 0 Å². The Morgan fingerprint density at radius 3 is 2.02 bits per heavy atom. The minimum Gasteiger partial charge on any atom is -0.480 e. The molecule has 3 aromatic carbocycles. The van der Waals surface area contributed by atoms with Gasteiger partial charge in [0.05, 0.1) is 23.5 Å². The molecule has 2 saturated heterocycles. The van der Waals surface area contributed by atoms with Crippen LogP contribution in [0.25, 0.3) is 0 Å². The van der Waals surface area contributed by atoms with E-state index in [1.165, 1.54) is 4.90 Å². The summed E-state index contributed by atoms with van der Waals surface area (Å²) in [5.74, 6) is -1.11. The van der Waals surface area contributed by atoms with Crippen LogP contribution in [0.4, 0.5) is 21.0 Å². The van der Waals surface area contributed by atoms with E-state index in [0.717, 1.165) is 24.0 Å². The van der Waals surface area contributed by atoms with Crippen molar-refractivity contribution in [2.24, 2.45) is 0 Å². The number of carboxylic acids is 1. The molecule has 5 rings (SSSR count). The topological polar surface area (TPSA) is 84.4 Å². The molecule has 0 spiro atoms. The molecule has 1 N–H and O–H groups in total. The van der Waals surface area contributed by atoms with Crippen molar-refractivity contribution in [1.29, 1.82) is 0 Å². The number of hydrogen-bond acceptors (Lipinski definition) is 3. The highest BCUT2D eigenvalue weighted by Crippen LogP contribution is 2.36. The van der Waals surface area contributed by atoms with E-state index in [9.17, 15) is 19.5 Å². The van der Waals surface area contributed by atoms with Gasteiger partial charge in [0.1, 0.15) is 0 Å². The maximum absolute atomic E-state index is 14.2. The summed E-state index contributed by atoms with van der Waals surface area (Å²) in [4.78, 5) is 47.3. The van der Waals surface area contributed by atoms with Gasteiger partial charge in [0.15, 0.2) is 6.04 Å². The van der Waals surface area contributed by atoms with Crippen LogP contribution in [0.2, 0.25) is 0 Å². The van der Waals surface area contributed by atoms with Crippen molar-refractivity contribution in [2.75, 3.05) is 18.5 Å². The molecule has 0 radical (unpaired) electrons. The first-order valence-electron chi connectivity index (χ1n) is 14.0. The molecule has 41 heavy (non-hydrogen) atoms. The standard InChI is InChI=1S/C33H36N4O4/c1-3-11-24-18-20-25(21-19-24)22-34(2)32(40)37-28-16-10-17-29(37)30(31(38)39)35(23-28)33(41)36(26-12-6-4-7-13-26)27-14-8-5-9-15-27/h3-9,12-15,18-21,28-30H,1,10-11,16-17,22-23H2,2H3,(H,38,39)/t28-,29+,30-/m0/s1. The summed E-state index contributed by atoms with van der Waals surface area (Å²) in [6, 6.07) is 23.9. The lowest BCUT2D eigenvalue weighted by molar-refractivity contribution is -0.148. The van der Waals surface area contributed by atoms with Crippen LogP contribution in [0, 0.1) is 0 Å². The third kappa shape index (κ3) is 5.82. The van der Waals surface area contributed by atoms with Gasteiger partial charge in [-0.15, -0.1) is 6.58 Å². The predicted molar refractivity (Wildman–Crippen MR) is 159 cm³/mol. The van der Waals surface area contributed by atoms with Crippen LogP contribution in [0.3, 0.4) is 0 Å². The van der Waals surface area contributed by atoms with Crippen molar-refractivity contribution in [3.63, 3.8) is 0 Å². The number of amides is 4. The number of allylic oxidation sites excluding steroid dienone is 1. The molecular weight excluding hydrogens is 516 g/mol. The Morgan fingerprint density at radius 1 is 0.878 bits per heavy atom. The molecule has 3 atom stereocenters. The Hall–Kier alpha value is -4.59. The van der Waals surface area contributed by atoms with E-state index >= 15 is 0 Å². The summed E-state index contributed by atoms with van der Waals surface area (Å²) >= 11 is 0. The summed E-state index contributed by atoms with van der Waals surface area (Å²) in [6.45, 7) is 4.33. The number of para-hydroxylation sites is 2. The van der Waals surface area contributed by atoms with Gasteiger partial charge in [0.2, 0.25) is 0 Å². The predicted octanol–water partition coefficient (Wildman–Crippen LogP) is 5.92. The number of rotatable bonds is 7. The number of anilines is 2. The van der Waals surface area contributed by atoms with E-state index in [1.807, 2.05) is 91.0 Å². The van der Waals surface area contributed by atoms with Crippen molar-refractivity contribution in [2.45, 2.75) is 50.4 Å². The van der Waals surface area contributed by atoms with Crippen molar-refractivity contribution in [1.82, 2.24) is 14.7 Å². The zero-order valence-electron chi connectivity index (χ0n) is 23.3.